The van der Waals surface area contributed by atoms with Crippen LogP contribution in [0.15, 0.2) is 29.7 Å². The average molecular weight is 302 g/mol. The predicted molar refractivity (Wildman–Crippen MR) is 69.5 cm³/mol. The fourth-order valence-corrected chi connectivity index (χ4v) is 2.59. The highest BCUT2D eigenvalue weighted by Crippen LogP contribution is 2.26. The molecule has 1 heterocycles. The van der Waals surface area contributed by atoms with E-state index in [9.17, 15) is 17.2 Å². The van der Waals surface area contributed by atoms with E-state index in [1.807, 2.05) is 11.6 Å². The average Bonchev–Trinajstić information content (AvgIpc) is 2.83. The molecule has 0 atom stereocenters. The van der Waals surface area contributed by atoms with Crippen molar-refractivity contribution in [2.24, 2.45) is 0 Å². The van der Waals surface area contributed by atoms with E-state index in [2.05, 4.69) is 4.98 Å². The van der Waals surface area contributed by atoms with Gasteiger partial charge in [0.05, 0.1) is 12.0 Å². The van der Waals surface area contributed by atoms with Gasteiger partial charge in [-0.2, -0.15) is 8.42 Å². The molecular weight excluding hydrogens is 290 g/mol. The molecule has 9 heteroatoms. The van der Waals surface area contributed by atoms with Gasteiger partial charge < -0.3 is 10.3 Å². The zero-order valence-corrected chi connectivity index (χ0v) is 11.3. The summed E-state index contributed by atoms with van der Waals surface area (Å²) in [5.41, 5.74) is 4.56. The van der Waals surface area contributed by atoms with Gasteiger partial charge in [0.2, 0.25) is 0 Å². The molecule has 0 aliphatic rings. The number of sulfonamides is 1. The molecule has 0 radical (unpaired) electrons. The van der Waals surface area contributed by atoms with Crippen LogP contribution < -0.4 is 10.5 Å². The summed E-state index contributed by atoms with van der Waals surface area (Å²) in [6.07, 6.45) is 2.62. The normalized spacial score (nSPS) is 11.6. The Bertz CT molecular complexity index is 720. The van der Waals surface area contributed by atoms with Gasteiger partial charge in [0.1, 0.15) is 11.5 Å². The van der Waals surface area contributed by atoms with Gasteiger partial charge in [0.25, 0.3) is 10.0 Å². The van der Waals surface area contributed by atoms with E-state index < -0.39 is 27.3 Å². The molecule has 0 saturated heterocycles. The van der Waals surface area contributed by atoms with Crippen molar-refractivity contribution in [1.29, 1.82) is 0 Å². The molecule has 0 saturated carbocycles. The van der Waals surface area contributed by atoms with E-state index in [0.29, 0.717) is 12.6 Å². The first-order valence-electron chi connectivity index (χ1n) is 5.62. The molecule has 0 amide bonds. The van der Waals surface area contributed by atoms with Gasteiger partial charge in [-0.25, -0.2) is 13.8 Å². The lowest BCUT2D eigenvalue weighted by atomic mass is 10.2. The molecule has 1 aromatic carbocycles. The number of rotatable bonds is 4. The van der Waals surface area contributed by atoms with Crippen molar-refractivity contribution in [3.63, 3.8) is 0 Å². The summed E-state index contributed by atoms with van der Waals surface area (Å²) in [5.74, 6) is -1.99. The van der Waals surface area contributed by atoms with Crippen LogP contribution in [0, 0.1) is 11.6 Å². The number of benzene rings is 1. The van der Waals surface area contributed by atoms with Crippen LogP contribution in [0.5, 0.6) is 0 Å². The molecule has 0 fully saturated rings. The number of anilines is 2. The number of nitrogens with one attached hydrogen (secondary N) is 1. The van der Waals surface area contributed by atoms with Crippen molar-refractivity contribution in [3.8, 4) is 0 Å². The van der Waals surface area contributed by atoms with Crippen LogP contribution in [0.4, 0.5) is 20.2 Å². The number of aryl methyl sites for hydroxylation is 1. The van der Waals surface area contributed by atoms with Gasteiger partial charge in [-0.15, -0.1) is 0 Å². The van der Waals surface area contributed by atoms with Crippen LogP contribution in [0.25, 0.3) is 0 Å². The van der Waals surface area contributed by atoms with Gasteiger partial charge in [-0.05, 0) is 13.0 Å². The van der Waals surface area contributed by atoms with E-state index in [-0.39, 0.29) is 10.7 Å². The number of nitrogens with two attached hydrogens (primary N) is 1. The second-order valence-corrected chi connectivity index (χ2v) is 5.63. The maximum absolute atomic E-state index is 13.6. The first kappa shape index (κ1) is 14.3. The molecule has 20 heavy (non-hydrogen) atoms. The number of imidazole rings is 1. The van der Waals surface area contributed by atoms with Crippen molar-refractivity contribution in [2.45, 2.75) is 18.5 Å². The minimum Gasteiger partial charge on any atom is -0.397 e. The summed E-state index contributed by atoms with van der Waals surface area (Å²) in [4.78, 5) is 3.71. The van der Waals surface area contributed by atoms with Crippen molar-refractivity contribution in [3.05, 3.63) is 36.3 Å². The van der Waals surface area contributed by atoms with Crippen molar-refractivity contribution in [2.75, 3.05) is 10.5 Å². The standard InChI is InChI=1S/C11H12F2N4O2S/c1-2-17-5-10(15-6-17)20(18,19)16-11-8(13)3-7(12)4-9(11)14/h3-6,16H,2,14H2,1H3. The highest BCUT2D eigenvalue weighted by Gasteiger charge is 2.21. The predicted octanol–water partition coefficient (Wildman–Crippen LogP) is 1.56. The molecule has 0 bridgehead atoms. The lowest BCUT2D eigenvalue weighted by Gasteiger charge is -2.09. The lowest BCUT2D eigenvalue weighted by Crippen LogP contribution is -2.16. The molecule has 0 spiro atoms. The van der Waals surface area contributed by atoms with Crippen molar-refractivity contribution < 1.29 is 17.2 Å². The molecule has 0 aliphatic carbocycles. The van der Waals surface area contributed by atoms with Crippen LogP contribution in [0.1, 0.15) is 6.92 Å². The number of nitrogens with zero attached hydrogens (tertiary/aromatic N) is 2. The Morgan fingerprint density at radius 3 is 2.65 bits per heavy atom. The Kier molecular flexibility index (Phi) is 3.62. The van der Waals surface area contributed by atoms with Crippen molar-refractivity contribution in [1.82, 2.24) is 9.55 Å². The fraction of sp³-hybridized carbons (Fsp3) is 0.182. The maximum Gasteiger partial charge on any atom is 0.281 e. The van der Waals surface area contributed by atoms with Crippen LogP contribution in [0.2, 0.25) is 0 Å². The number of aromatic nitrogens is 2. The zero-order chi connectivity index (χ0) is 14.9. The van der Waals surface area contributed by atoms with E-state index in [0.717, 1.165) is 6.07 Å². The second kappa shape index (κ2) is 5.08. The molecule has 108 valence electrons. The molecule has 2 rings (SSSR count). The van der Waals surface area contributed by atoms with Crippen LogP contribution >= 0.6 is 0 Å². The van der Waals surface area contributed by atoms with Gasteiger partial charge in [0.15, 0.2) is 10.8 Å². The largest absolute Gasteiger partial charge is 0.397 e. The Balaban J connectivity index is 2.38. The van der Waals surface area contributed by atoms with Crippen LogP contribution in [-0.2, 0) is 16.6 Å². The summed E-state index contributed by atoms with van der Waals surface area (Å²) in [6.45, 7) is 2.35. The molecule has 2 aromatic rings. The van der Waals surface area contributed by atoms with Gasteiger partial charge >= 0.3 is 0 Å². The molecule has 3 N–H and O–H groups in total. The lowest BCUT2D eigenvalue weighted by molar-refractivity contribution is 0.583. The Morgan fingerprint density at radius 1 is 1.40 bits per heavy atom. The number of nitrogen functional groups attached to an aromatic ring is 1. The second-order valence-electron chi connectivity index (χ2n) is 4.00. The third kappa shape index (κ3) is 2.72. The van der Waals surface area contributed by atoms with E-state index in [1.165, 1.54) is 12.5 Å². The Labute approximate surface area is 114 Å². The minimum absolute atomic E-state index is 0.275. The summed E-state index contributed by atoms with van der Waals surface area (Å²) in [7, 11) is -4.08. The Morgan fingerprint density at radius 2 is 2.10 bits per heavy atom. The third-order valence-electron chi connectivity index (χ3n) is 2.57. The monoisotopic (exact) mass is 302 g/mol. The number of halogens is 2. The fourth-order valence-electron chi connectivity index (χ4n) is 1.54. The molecule has 0 aliphatic heterocycles. The number of hydrogen-bond donors (Lipinski definition) is 2. The maximum atomic E-state index is 13.6. The first-order chi connectivity index (χ1) is 9.33. The smallest absolute Gasteiger partial charge is 0.281 e. The summed E-state index contributed by atoms with van der Waals surface area (Å²) in [6, 6.07) is 1.37. The molecule has 1 aromatic heterocycles. The number of hydrogen-bond acceptors (Lipinski definition) is 4. The highest BCUT2D eigenvalue weighted by atomic mass is 32.2. The zero-order valence-electron chi connectivity index (χ0n) is 10.5. The topological polar surface area (TPSA) is 90.0 Å². The summed E-state index contributed by atoms with van der Waals surface area (Å²) < 4.78 is 54.0. The van der Waals surface area contributed by atoms with E-state index >= 15 is 0 Å². The first-order valence-corrected chi connectivity index (χ1v) is 7.11. The van der Waals surface area contributed by atoms with E-state index in [4.69, 9.17) is 5.73 Å². The van der Waals surface area contributed by atoms with Gasteiger partial charge in [-0.1, -0.05) is 0 Å². The quantitative estimate of drug-likeness (QED) is 0.839. The van der Waals surface area contributed by atoms with Crippen LogP contribution in [-0.4, -0.2) is 18.0 Å². The SMILES string of the molecule is CCn1cnc(S(=O)(=O)Nc2c(N)cc(F)cc2F)c1. The third-order valence-corrected chi connectivity index (χ3v) is 3.81. The van der Waals surface area contributed by atoms with Crippen molar-refractivity contribution >= 4 is 21.4 Å². The molecule has 6 nitrogen and oxygen atoms in total. The molecule has 0 unspecified atom stereocenters. The summed E-state index contributed by atoms with van der Waals surface area (Å²) >= 11 is 0. The highest BCUT2D eigenvalue weighted by molar-refractivity contribution is 7.92. The summed E-state index contributed by atoms with van der Waals surface area (Å²) in [5, 5.41) is -0.275. The van der Waals surface area contributed by atoms with Gasteiger partial charge in [0, 0.05) is 18.8 Å². The molecular formula is C11H12F2N4O2S. The van der Waals surface area contributed by atoms with E-state index in [1.54, 1.807) is 4.57 Å². The van der Waals surface area contributed by atoms with Crippen LogP contribution in [0.3, 0.4) is 0 Å². The Hall–Kier alpha value is -2.16. The minimum atomic E-state index is -4.08. The van der Waals surface area contributed by atoms with Gasteiger partial charge in [-0.3, -0.25) is 4.72 Å².